The zero-order valence-electron chi connectivity index (χ0n) is 7.59. The minimum atomic E-state index is 0.721. The molecule has 2 aliphatic heterocycles. The van der Waals surface area contributed by atoms with E-state index < -0.39 is 0 Å². The highest BCUT2D eigenvalue weighted by Gasteiger charge is 2.33. The van der Waals surface area contributed by atoms with E-state index in [1.54, 1.807) is 11.3 Å². The number of likely N-dealkylation sites (N-methyl/N-ethyl adjacent to an activating group) is 1. The van der Waals surface area contributed by atoms with Gasteiger partial charge in [-0.25, -0.2) is 0 Å². The lowest BCUT2D eigenvalue weighted by Gasteiger charge is -2.49. The van der Waals surface area contributed by atoms with Gasteiger partial charge >= 0.3 is 0 Å². The van der Waals surface area contributed by atoms with Crippen LogP contribution >= 0.6 is 0 Å². The van der Waals surface area contributed by atoms with Gasteiger partial charge in [0.2, 0.25) is 0 Å². The summed E-state index contributed by atoms with van der Waals surface area (Å²) in [6.45, 7) is 8.17. The smallest absolute Gasteiger partial charge is 0.0489 e. The van der Waals surface area contributed by atoms with Crippen molar-refractivity contribution < 1.29 is 0 Å². The van der Waals surface area contributed by atoms with Gasteiger partial charge in [0.25, 0.3) is 0 Å². The first-order valence-electron chi connectivity index (χ1n) is 4.35. The van der Waals surface area contributed by atoms with Crippen LogP contribution in [0.5, 0.6) is 0 Å². The number of piperazine rings is 1. The van der Waals surface area contributed by atoms with E-state index >= 15 is 0 Å². The molecular formula is C9H16N2. The summed E-state index contributed by atoms with van der Waals surface area (Å²) in [4.78, 5) is 4.91. The van der Waals surface area contributed by atoms with Crippen molar-refractivity contribution in [2.45, 2.75) is 19.9 Å². The average Bonchev–Trinajstić information content (AvgIpc) is 2.03. The van der Waals surface area contributed by atoms with Gasteiger partial charge in [-0.05, 0) is 26.5 Å². The third-order valence-corrected chi connectivity index (χ3v) is 3.04. The van der Waals surface area contributed by atoms with Crippen molar-refractivity contribution in [1.29, 1.82) is 0 Å². The molecule has 1 fully saturated rings. The lowest BCUT2D eigenvalue weighted by atomic mass is 9.94. The van der Waals surface area contributed by atoms with Crippen LogP contribution < -0.4 is 0 Å². The molecule has 2 heterocycles. The molecule has 0 aliphatic carbocycles. The van der Waals surface area contributed by atoms with Crippen molar-refractivity contribution in [2.75, 3.05) is 26.7 Å². The van der Waals surface area contributed by atoms with Gasteiger partial charge in [0.05, 0.1) is 0 Å². The van der Waals surface area contributed by atoms with E-state index in [0.717, 1.165) is 12.6 Å². The third kappa shape index (κ3) is 0.890. The van der Waals surface area contributed by atoms with Gasteiger partial charge in [0, 0.05) is 31.4 Å². The number of fused-ring (bicyclic) bond motifs is 1. The van der Waals surface area contributed by atoms with Crippen molar-refractivity contribution in [1.82, 2.24) is 9.80 Å². The van der Waals surface area contributed by atoms with Crippen LogP contribution in [0.1, 0.15) is 13.8 Å². The van der Waals surface area contributed by atoms with E-state index in [0.29, 0.717) is 0 Å². The van der Waals surface area contributed by atoms with Crippen molar-refractivity contribution in [3.8, 4) is 0 Å². The predicted molar refractivity (Wildman–Crippen MR) is 46.4 cm³/mol. The summed E-state index contributed by atoms with van der Waals surface area (Å²) in [5.74, 6) is 0. The molecule has 0 saturated carbocycles. The molecule has 2 heteroatoms. The summed E-state index contributed by atoms with van der Waals surface area (Å²) in [5.41, 5.74) is 3.17. The van der Waals surface area contributed by atoms with E-state index in [2.05, 4.69) is 30.7 Å². The van der Waals surface area contributed by atoms with Crippen LogP contribution in [-0.4, -0.2) is 42.5 Å². The Hall–Kier alpha value is -0.500. The summed E-state index contributed by atoms with van der Waals surface area (Å²) < 4.78 is 0. The average molecular weight is 152 g/mol. The fourth-order valence-corrected chi connectivity index (χ4v) is 2.03. The van der Waals surface area contributed by atoms with E-state index in [-0.39, 0.29) is 0 Å². The molecule has 2 aliphatic rings. The standard InChI is InChI=1S/C9H16N2/c1-7-8(2)11-5-4-10(3)6-9(7)11/h8H,4-6H2,1-3H3. The van der Waals surface area contributed by atoms with E-state index in [4.69, 9.17) is 0 Å². The minimum absolute atomic E-state index is 0.721. The highest BCUT2D eigenvalue weighted by atomic mass is 15.3. The lowest BCUT2D eigenvalue weighted by Crippen LogP contribution is -2.54. The molecule has 2 rings (SSSR count). The Morgan fingerprint density at radius 1 is 1.36 bits per heavy atom. The zero-order chi connectivity index (χ0) is 8.01. The van der Waals surface area contributed by atoms with Crippen LogP contribution in [0.2, 0.25) is 0 Å². The number of nitrogens with zero attached hydrogens (tertiary/aromatic N) is 2. The highest BCUT2D eigenvalue weighted by Crippen LogP contribution is 2.32. The molecule has 0 N–H and O–H groups in total. The second-order valence-electron chi connectivity index (χ2n) is 3.74. The van der Waals surface area contributed by atoms with Crippen molar-refractivity contribution in [3.63, 3.8) is 0 Å². The van der Waals surface area contributed by atoms with Crippen LogP contribution in [0.3, 0.4) is 0 Å². The molecular weight excluding hydrogens is 136 g/mol. The van der Waals surface area contributed by atoms with Crippen molar-refractivity contribution in [3.05, 3.63) is 11.3 Å². The van der Waals surface area contributed by atoms with E-state index in [1.165, 1.54) is 13.1 Å². The first-order chi connectivity index (χ1) is 5.20. The van der Waals surface area contributed by atoms with E-state index in [9.17, 15) is 0 Å². The molecule has 62 valence electrons. The van der Waals surface area contributed by atoms with Crippen LogP contribution in [0.15, 0.2) is 11.3 Å². The predicted octanol–water partition coefficient (Wildman–Crippen LogP) is 0.910. The lowest BCUT2D eigenvalue weighted by molar-refractivity contribution is 0.141. The SMILES string of the molecule is CC1=C2CN(C)CCN2C1C. The molecule has 1 unspecified atom stereocenters. The maximum absolute atomic E-state index is 2.52. The zero-order valence-corrected chi connectivity index (χ0v) is 7.59. The number of rotatable bonds is 0. The summed E-state index contributed by atoms with van der Waals surface area (Å²) in [6.07, 6.45) is 0. The Balaban J connectivity index is 2.17. The van der Waals surface area contributed by atoms with Crippen LogP contribution in [-0.2, 0) is 0 Å². The molecule has 1 saturated heterocycles. The van der Waals surface area contributed by atoms with Crippen LogP contribution in [0.25, 0.3) is 0 Å². The van der Waals surface area contributed by atoms with Gasteiger partial charge < -0.3 is 4.90 Å². The number of hydrogen-bond acceptors (Lipinski definition) is 2. The molecule has 11 heavy (non-hydrogen) atoms. The second-order valence-corrected chi connectivity index (χ2v) is 3.74. The summed E-state index contributed by atoms with van der Waals surface area (Å²) in [6, 6.07) is 0.721. The molecule has 0 amide bonds. The minimum Gasteiger partial charge on any atom is -0.366 e. The fraction of sp³-hybridized carbons (Fsp3) is 0.778. The highest BCUT2D eigenvalue weighted by molar-refractivity contribution is 5.30. The first kappa shape index (κ1) is 7.17. The van der Waals surface area contributed by atoms with Gasteiger partial charge in [0.1, 0.15) is 0 Å². The van der Waals surface area contributed by atoms with Crippen molar-refractivity contribution >= 4 is 0 Å². The maximum atomic E-state index is 2.52. The molecule has 0 radical (unpaired) electrons. The first-order valence-corrected chi connectivity index (χ1v) is 4.35. The monoisotopic (exact) mass is 152 g/mol. The van der Waals surface area contributed by atoms with Crippen LogP contribution in [0.4, 0.5) is 0 Å². The normalized spacial score (nSPS) is 31.9. The Bertz CT molecular complexity index is 208. The number of hydrogen-bond donors (Lipinski definition) is 0. The quantitative estimate of drug-likeness (QED) is 0.509. The van der Waals surface area contributed by atoms with Crippen LogP contribution in [0, 0.1) is 0 Å². The topological polar surface area (TPSA) is 6.48 Å². The molecule has 0 aromatic carbocycles. The Morgan fingerprint density at radius 2 is 2.09 bits per heavy atom. The Labute approximate surface area is 68.5 Å². The Morgan fingerprint density at radius 3 is 2.82 bits per heavy atom. The largest absolute Gasteiger partial charge is 0.366 e. The van der Waals surface area contributed by atoms with Gasteiger partial charge in [-0.2, -0.15) is 0 Å². The molecule has 0 aromatic rings. The summed E-state index contributed by atoms with van der Waals surface area (Å²) in [5, 5.41) is 0. The van der Waals surface area contributed by atoms with Gasteiger partial charge in [-0.3, -0.25) is 4.90 Å². The molecule has 0 bridgehead atoms. The molecule has 1 atom stereocenters. The van der Waals surface area contributed by atoms with E-state index in [1.807, 2.05) is 0 Å². The summed E-state index contributed by atoms with van der Waals surface area (Å²) in [7, 11) is 2.20. The molecule has 2 nitrogen and oxygen atoms in total. The van der Waals surface area contributed by atoms with Gasteiger partial charge in [-0.1, -0.05) is 0 Å². The second kappa shape index (κ2) is 2.24. The molecule has 0 aromatic heterocycles. The van der Waals surface area contributed by atoms with Gasteiger partial charge in [0.15, 0.2) is 0 Å². The summed E-state index contributed by atoms with van der Waals surface area (Å²) >= 11 is 0. The van der Waals surface area contributed by atoms with Crippen molar-refractivity contribution in [2.24, 2.45) is 0 Å². The Kier molecular flexibility index (Phi) is 1.46. The fourth-order valence-electron chi connectivity index (χ4n) is 2.03. The maximum Gasteiger partial charge on any atom is 0.0489 e. The molecule has 0 spiro atoms. The third-order valence-electron chi connectivity index (χ3n) is 3.04. The van der Waals surface area contributed by atoms with Gasteiger partial charge in [-0.15, -0.1) is 0 Å².